The van der Waals surface area contributed by atoms with Gasteiger partial charge in [0.1, 0.15) is 11.6 Å². The predicted octanol–water partition coefficient (Wildman–Crippen LogP) is 1.96. The van der Waals surface area contributed by atoms with E-state index in [2.05, 4.69) is 15.6 Å². The Balaban J connectivity index is 1.63. The van der Waals surface area contributed by atoms with Crippen LogP contribution >= 0.6 is 11.3 Å². The number of rotatable bonds is 5. The van der Waals surface area contributed by atoms with Crippen LogP contribution in [-0.4, -0.2) is 34.2 Å². The van der Waals surface area contributed by atoms with Gasteiger partial charge in [0, 0.05) is 30.4 Å². The molecule has 0 saturated heterocycles. The van der Waals surface area contributed by atoms with E-state index in [1.807, 2.05) is 6.92 Å². The molecule has 3 heterocycles. The van der Waals surface area contributed by atoms with E-state index in [-0.39, 0.29) is 12.4 Å². The molecular weight excluding hydrogens is 396 g/mol. The van der Waals surface area contributed by atoms with Gasteiger partial charge in [-0.15, -0.1) is 11.3 Å². The zero-order valence-corrected chi connectivity index (χ0v) is 16.5. The SMILES string of the molecule is CCn1cc(C(=O)N[C@@H](C)C(=O)Nc2nccs2)c(=O)c2cc3c(cc21)OCO3. The summed E-state index contributed by atoms with van der Waals surface area (Å²) in [7, 11) is 0. The molecule has 0 spiro atoms. The fraction of sp³-hybridized carbons (Fsp3) is 0.263. The lowest BCUT2D eigenvalue weighted by atomic mass is 10.1. The van der Waals surface area contributed by atoms with Crippen molar-refractivity contribution in [3.8, 4) is 11.5 Å². The number of benzene rings is 1. The molecule has 0 fully saturated rings. The number of carbonyl (C=O) groups excluding carboxylic acids is 2. The number of ether oxygens (including phenoxy) is 2. The van der Waals surface area contributed by atoms with E-state index in [0.29, 0.717) is 34.1 Å². The molecule has 29 heavy (non-hydrogen) atoms. The Kier molecular flexibility index (Phi) is 4.93. The minimum absolute atomic E-state index is 0.0490. The van der Waals surface area contributed by atoms with Gasteiger partial charge < -0.3 is 24.7 Å². The van der Waals surface area contributed by atoms with Gasteiger partial charge in [-0.05, 0) is 19.9 Å². The van der Waals surface area contributed by atoms with Crippen LogP contribution in [0.15, 0.2) is 34.7 Å². The maximum absolute atomic E-state index is 13.0. The van der Waals surface area contributed by atoms with Crippen molar-refractivity contribution < 1.29 is 19.1 Å². The first-order valence-corrected chi connectivity index (χ1v) is 9.84. The number of pyridine rings is 1. The van der Waals surface area contributed by atoms with Crippen molar-refractivity contribution >= 4 is 39.2 Å². The molecule has 1 aromatic carbocycles. The highest BCUT2D eigenvalue weighted by molar-refractivity contribution is 7.13. The summed E-state index contributed by atoms with van der Waals surface area (Å²) in [4.78, 5) is 41.9. The summed E-state index contributed by atoms with van der Waals surface area (Å²) in [5.41, 5.74) is 0.160. The van der Waals surface area contributed by atoms with Crippen LogP contribution in [-0.2, 0) is 11.3 Å². The first kappa shape index (κ1) is 18.9. The number of anilines is 1. The number of aromatic nitrogens is 2. The smallest absolute Gasteiger partial charge is 0.257 e. The molecule has 1 aliphatic rings. The molecule has 2 aromatic heterocycles. The van der Waals surface area contributed by atoms with Gasteiger partial charge in [0.15, 0.2) is 16.6 Å². The normalized spacial score (nSPS) is 13.3. The van der Waals surface area contributed by atoms with Gasteiger partial charge in [-0.2, -0.15) is 0 Å². The van der Waals surface area contributed by atoms with Gasteiger partial charge in [0.05, 0.1) is 10.9 Å². The number of nitrogens with zero attached hydrogens (tertiary/aromatic N) is 2. The summed E-state index contributed by atoms with van der Waals surface area (Å²) in [6.07, 6.45) is 3.06. The van der Waals surface area contributed by atoms with Gasteiger partial charge in [-0.3, -0.25) is 14.4 Å². The lowest BCUT2D eigenvalue weighted by molar-refractivity contribution is -0.117. The van der Waals surface area contributed by atoms with E-state index in [4.69, 9.17) is 9.47 Å². The van der Waals surface area contributed by atoms with Crippen LogP contribution in [0.3, 0.4) is 0 Å². The second-order valence-electron chi connectivity index (χ2n) is 6.40. The molecule has 1 atom stereocenters. The molecular formula is C19H18N4O5S. The highest BCUT2D eigenvalue weighted by Gasteiger charge is 2.23. The average Bonchev–Trinajstić information content (AvgIpc) is 3.38. The minimum atomic E-state index is -0.853. The standard InChI is InChI=1S/C19H18N4O5S/c1-3-23-8-12(16(24)11-6-14-15(7-13(11)23)28-9-27-14)18(26)21-10(2)17(25)22-19-20-4-5-29-19/h4-8,10H,3,9H2,1-2H3,(H,21,26)(H,20,22,25)/t10-/m0/s1. The largest absolute Gasteiger partial charge is 0.454 e. The Morgan fingerprint density at radius 3 is 2.76 bits per heavy atom. The number of aryl methyl sites for hydroxylation is 1. The molecule has 0 radical (unpaired) electrons. The fourth-order valence-corrected chi connectivity index (χ4v) is 3.57. The summed E-state index contributed by atoms with van der Waals surface area (Å²) in [6.45, 7) is 4.07. The molecule has 9 nitrogen and oxygen atoms in total. The van der Waals surface area contributed by atoms with Crippen LogP contribution in [0.5, 0.6) is 11.5 Å². The Hall–Kier alpha value is -3.40. The zero-order chi connectivity index (χ0) is 20.5. The summed E-state index contributed by atoms with van der Waals surface area (Å²) in [6, 6.07) is 2.46. The summed E-state index contributed by atoms with van der Waals surface area (Å²) in [5.74, 6) is -0.0263. The Labute approximate surface area is 169 Å². The Bertz CT molecular complexity index is 1160. The van der Waals surface area contributed by atoms with Gasteiger partial charge in [-0.1, -0.05) is 0 Å². The first-order chi connectivity index (χ1) is 14.0. The minimum Gasteiger partial charge on any atom is -0.454 e. The van der Waals surface area contributed by atoms with E-state index in [9.17, 15) is 14.4 Å². The third-order valence-corrected chi connectivity index (χ3v) is 5.25. The molecule has 3 aromatic rings. The summed E-state index contributed by atoms with van der Waals surface area (Å²) >= 11 is 1.27. The number of carbonyl (C=O) groups is 2. The average molecular weight is 414 g/mol. The fourth-order valence-electron chi connectivity index (χ4n) is 3.04. The Morgan fingerprint density at radius 1 is 1.31 bits per heavy atom. The van der Waals surface area contributed by atoms with Crippen LogP contribution in [0.1, 0.15) is 24.2 Å². The second kappa shape index (κ2) is 7.55. The van der Waals surface area contributed by atoms with Gasteiger partial charge in [0.2, 0.25) is 18.1 Å². The molecule has 2 N–H and O–H groups in total. The molecule has 0 unspecified atom stereocenters. The van der Waals surface area contributed by atoms with Gasteiger partial charge in [0.25, 0.3) is 5.91 Å². The number of thiazole rings is 1. The number of nitrogens with one attached hydrogen (secondary N) is 2. The van der Waals surface area contributed by atoms with Crippen LogP contribution in [0, 0.1) is 0 Å². The van der Waals surface area contributed by atoms with Crippen LogP contribution in [0.2, 0.25) is 0 Å². The van der Waals surface area contributed by atoms with Crippen LogP contribution < -0.4 is 25.5 Å². The van der Waals surface area contributed by atoms with E-state index in [1.165, 1.54) is 24.5 Å². The molecule has 4 rings (SSSR count). The molecule has 0 saturated carbocycles. The first-order valence-electron chi connectivity index (χ1n) is 8.96. The van der Waals surface area contributed by atoms with Gasteiger partial charge >= 0.3 is 0 Å². The van der Waals surface area contributed by atoms with Crippen molar-refractivity contribution in [2.45, 2.75) is 26.4 Å². The van der Waals surface area contributed by atoms with Crippen molar-refractivity contribution in [3.63, 3.8) is 0 Å². The number of hydrogen-bond acceptors (Lipinski definition) is 7. The highest BCUT2D eigenvalue weighted by atomic mass is 32.1. The highest BCUT2D eigenvalue weighted by Crippen LogP contribution is 2.35. The van der Waals surface area contributed by atoms with E-state index in [1.54, 1.807) is 28.3 Å². The van der Waals surface area contributed by atoms with E-state index < -0.39 is 23.3 Å². The quantitative estimate of drug-likeness (QED) is 0.660. The third-order valence-electron chi connectivity index (χ3n) is 4.56. The molecule has 0 bridgehead atoms. The van der Waals surface area contributed by atoms with Gasteiger partial charge in [-0.25, -0.2) is 4.98 Å². The monoisotopic (exact) mass is 414 g/mol. The predicted molar refractivity (Wildman–Crippen MR) is 108 cm³/mol. The summed E-state index contributed by atoms with van der Waals surface area (Å²) < 4.78 is 12.5. The molecule has 1 aliphatic heterocycles. The lowest BCUT2D eigenvalue weighted by Gasteiger charge is -2.15. The van der Waals surface area contributed by atoms with Crippen LogP contribution in [0.25, 0.3) is 10.9 Å². The van der Waals surface area contributed by atoms with E-state index >= 15 is 0 Å². The van der Waals surface area contributed by atoms with Crippen molar-refractivity contribution in [1.29, 1.82) is 0 Å². The van der Waals surface area contributed by atoms with Crippen molar-refractivity contribution in [3.05, 3.63) is 45.7 Å². The third kappa shape index (κ3) is 3.54. The maximum atomic E-state index is 13.0. The van der Waals surface area contributed by atoms with Crippen molar-refractivity contribution in [1.82, 2.24) is 14.9 Å². The molecule has 10 heteroatoms. The zero-order valence-electron chi connectivity index (χ0n) is 15.7. The van der Waals surface area contributed by atoms with E-state index in [0.717, 1.165) is 0 Å². The maximum Gasteiger partial charge on any atom is 0.257 e. The van der Waals surface area contributed by atoms with Crippen LogP contribution in [0.4, 0.5) is 5.13 Å². The Morgan fingerprint density at radius 2 is 2.07 bits per heavy atom. The lowest BCUT2D eigenvalue weighted by Crippen LogP contribution is -2.43. The summed E-state index contributed by atoms with van der Waals surface area (Å²) in [5, 5.41) is 7.70. The molecule has 2 amide bonds. The molecule has 0 aliphatic carbocycles. The van der Waals surface area contributed by atoms with Crippen molar-refractivity contribution in [2.75, 3.05) is 12.1 Å². The second-order valence-corrected chi connectivity index (χ2v) is 7.30. The molecule has 150 valence electrons. The number of amides is 2. The number of fused-ring (bicyclic) bond motifs is 2. The van der Waals surface area contributed by atoms with Crippen molar-refractivity contribution in [2.24, 2.45) is 0 Å². The topological polar surface area (TPSA) is 112 Å². The number of hydrogen-bond donors (Lipinski definition) is 2.